The number of hydrogen-bond donors (Lipinski definition) is 3. The van der Waals surface area contributed by atoms with Crippen LogP contribution in [0.3, 0.4) is 0 Å². The number of carbonyl (C=O) groups is 2. The molecule has 2 aliphatic carbocycles. The predicted molar refractivity (Wildman–Crippen MR) is 177 cm³/mol. The van der Waals surface area contributed by atoms with E-state index in [0.717, 1.165) is 47.6 Å². The van der Waals surface area contributed by atoms with Gasteiger partial charge in [0.15, 0.2) is 11.5 Å². The van der Waals surface area contributed by atoms with Gasteiger partial charge in [-0.25, -0.2) is 4.68 Å². The lowest BCUT2D eigenvalue weighted by Gasteiger charge is -2.39. The molecule has 1 aromatic heterocycles. The van der Waals surface area contributed by atoms with E-state index < -0.39 is 12.2 Å². The molecule has 2 saturated carbocycles. The van der Waals surface area contributed by atoms with Crippen molar-refractivity contribution >= 4 is 29.2 Å². The first kappa shape index (κ1) is 31.9. The number of rotatable bonds is 10. The molecular formula is C35H41F2N7O4. The van der Waals surface area contributed by atoms with E-state index in [-0.39, 0.29) is 47.7 Å². The van der Waals surface area contributed by atoms with Crippen molar-refractivity contribution < 1.29 is 27.8 Å². The van der Waals surface area contributed by atoms with Gasteiger partial charge in [-0.3, -0.25) is 9.59 Å². The number of carbonyl (C=O) groups excluding carboxylic acids is 2. The zero-order valence-corrected chi connectivity index (χ0v) is 27.4. The van der Waals surface area contributed by atoms with Crippen LogP contribution in [0.15, 0.2) is 35.3 Å². The van der Waals surface area contributed by atoms with Crippen LogP contribution >= 0.6 is 0 Å². The topological polar surface area (TPSA) is 150 Å². The maximum atomic E-state index is 13.9. The third kappa shape index (κ3) is 6.17. The Kier molecular flexibility index (Phi) is 8.03. The number of nitrogens with zero attached hydrogens (tertiary/aromatic N) is 4. The standard InChI is InChI=1S/C35H41F2N7O4/c1-18-14-24(34(46)41-32(39)25-10-11-27-31(30(25)21-6-7-21)48-35(36,37)47-27)12-13-43(18)26-16-23(9-8-22(26)15-20-4-5-20)29-19(2)42-44(17-28(38)45)33(29)40-3/h8-11,16,18,20-21,24,40H,4-7,12-15,17H2,1-3H3,(H2,38,45)(H2,39,41,46). The fourth-order valence-corrected chi connectivity index (χ4v) is 7.29. The van der Waals surface area contributed by atoms with Gasteiger partial charge in [0.25, 0.3) is 5.91 Å². The molecule has 3 aromatic rings. The maximum absolute atomic E-state index is 13.9. The number of ether oxygens (including phenoxy) is 2. The second-order valence-corrected chi connectivity index (χ2v) is 13.6. The molecule has 2 unspecified atom stereocenters. The number of aliphatic imine (C=N–C) groups is 1. The summed E-state index contributed by atoms with van der Waals surface area (Å²) < 4.78 is 38.8. The highest BCUT2D eigenvalue weighted by Gasteiger charge is 2.47. The molecular weight excluding hydrogens is 620 g/mol. The second kappa shape index (κ2) is 12.1. The highest BCUT2D eigenvalue weighted by atomic mass is 19.3. The number of amides is 2. The van der Waals surface area contributed by atoms with Crippen molar-refractivity contribution in [1.82, 2.24) is 9.78 Å². The van der Waals surface area contributed by atoms with Crippen LogP contribution < -0.4 is 31.2 Å². The van der Waals surface area contributed by atoms with Crippen molar-refractivity contribution in [3.63, 3.8) is 0 Å². The lowest BCUT2D eigenvalue weighted by molar-refractivity contribution is -0.286. The molecule has 1 saturated heterocycles. The van der Waals surface area contributed by atoms with Gasteiger partial charge in [-0.15, -0.1) is 8.78 Å². The van der Waals surface area contributed by atoms with Crippen molar-refractivity contribution in [2.45, 2.75) is 83.6 Å². The van der Waals surface area contributed by atoms with Crippen LogP contribution in [0.2, 0.25) is 0 Å². The number of piperidine rings is 1. The molecule has 2 amide bonds. The molecule has 13 heteroatoms. The first-order valence-electron chi connectivity index (χ1n) is 16.7. The van der Waals surface area contributed by atoms with Gasteiger partial charge in [-0.2, -0.15) is 10.1 Å². The Morgan fingerprint density at radius 3 is 2.54 bits per heavy atom. The monoisotopic (exact) mass is 661 g/mol. The highest BCUT2D eigenvalue weighted by molar-refractivity contribution is 6.06. The van der Waals surface area contributed by atoms with E-state index in [1.807, 2.05) is 6.92 Å². The Bertz CT molecular complexity index is 1810. The Labute approximate surface area is 277 Å². The third-order valence-corrected chi connectivity index (χ3v) is 9.89. The number of nitrogens with one attached hydrogen (secondary N) is 1. The van der Waals surface area contributed by atoms with Crippen LogP contribution in [0.1, 0.15) is 73.8 Å². The number of primary amides is 1. The number of hydrogen-bond acceptors (Lipinski definition) is 7. The van der Waals surface area contributed by atoms with E-state index in [2.05, 4.69) is 50.2 Å². The minimum atomic E-state index is -3.74. The van der Waals surface area contributed by atoms with Crippen molar-refractivity contribution in [1.29, 1.82) is 0 Å². The molecule has 5 N–H and O–H groups in total. The molecule has 7 rings (SSSR count). The fourth-order valence-electron chi connectivity index (χ4n) is 7.29. The smallest absolute Gasteiger partial charge is 0.395 e. The quantitative estimate of drug-likeness (QED) is 0.201. The van der Waals surface area contributed by atoms with E-state index in [0.29, 0.717) is 36.4 Å². The van der Waals surface area contributed by atoms with Crippen LogP contribution in [0.4, 0.5) is 20.3 Å². The van der Waals surface area contributed by atoms with Gasteiger partial charge in [0.1, 0.15) is 18.2 Å². The van der Waals surface area contributed by atoms with Crippen LogP contribution in [-0.2, 0) is 22.6 Å². The zero-order chi connectivity index (χ0) is 33.9. The average Bonchev–Trinajstić information content (AvgIpc) is 3.96. The lowest BCUT2D eigenvalue weighted by atomic mass is 9.89. The number of amidine groups is 1. The SMILES string of the molecule is CNc1c(-c2ccc(CC3CC3)c(N3CCC(C(=O)N=C(N)c4ccc5c(c4C4CC4)OC(F)(F)O5)CC3C)c2)c(C)nn1CC(N)=O. The molecule has 0 bridgehead atoms. The Balaban J connectivity index is 1.13. The molecule has 48 heavy (non-hydrogen) atoms. The summed E-state index contributed by atoms with van der Waals surface area (Å²) in [6.45, 7) is 4.67. The van der Waals surface area contributed by atoms with Crippen LogP contribution in [0.5, 0.6) is 11.5 Å². The molecule has 3 heterocycles. The van der Waals surface area contributed by atoms with Crippen LogP contribution in [0.25, 0.3) is 11.1 Å². The van der Waals surface area contributed by atoms with Gasteiger partial charge in [-0.05, 0) is 100.0 Å². The number of fused-ring (bicyclic) bond motifs is 1. The number of aromatic nitrogens is 2. The summed E-state index contributed by atoms with van der Waals surface area (Å²) >= 11 is 0. The second-order valence-electron chi connectivity index (χ2n) is 13.6. The van der Waals surface area contributed by atoms with E-state index in [9.17, 15) is 18.4 Å². The summed E-state index contributed by atoms with van der Waals surface area (Å²) in [5.74, 6) is 0.239. The summed E-state index contributed by atoms with van der Waals surface area (Å²) in [5.41, 5.74) is 17.9. The molecule has 0 radical (unpaired) electrons. The number of aryl methyl sites for hydroxylation is 1. The summed E-state index contributed by atoms with van der Waals surface area (Å²) in [6, 6.07) is 9.53. The van der Waals surface area contributed by atoms with Gasteiger partial charge in [0, 0.05) is 47.9 Å². The number of benzene rings is 2. The first-order chi connectivity index (χ1) is 22.9. The number of nitrogens with two attached hydrogens (primary N) is 2. The molecule has 11 nitrogen and oxygen atoms in total. The molecule has 3 fully saturated rings. The summed E-state index contributed by atoms with van der Waals surface area (Å²) in [5, 5.41) is 7.79. The average molecular weight is 662 g/mol. The minimum absolute atomic E-state index is 0.00519. The molecule has 254 valence electrons. The van der Waals surface area contributed by atoms with E-state index in [1.54, 1.807) is 17.8 Å². The van der Waals surface area contributed by atoms with Gasteiger partial charge in [0.2, 0.25) is 5.91 Å². The molecule has 0 spiro atoms. The summed E-state index contributed by atoms with van der Waals surface area (Å²) in [6.07, 6.45) is 2.50. The Morgan fingerprint density at radius 1 is 1.10 bits per heavy atom. The Morgan fingerprint density at radius 2 is 1.88 bits per heavy atom. The highest BCUT2D eigenvalue weighted by Crippen LogP contribution is 2.53. The Hall–Kier alpha value is -4.68. The van der Waals surface area contributed by atoms with Gasteiger partial charge in [-0.1, -0.05) is 12.1 Å². The van der Waals surface area contributed by atoms with Gasteiger partial charge in [0.05, 0.1) is 5.69 Å². The van der Waals surface area contributed by atoms with Crippen molar-refractivity contribution in [2.75, 3.05) is 23.8 Å². The molecule has 2 aliphatic heterocycles. The minimum Gasteiger partial charge on any atom is -0.395 e. The van der Waals surface area contributed by atoms with E-state index in [4.69, 9.17) is 16.2 Å². The maximum Gasteiger partial charge on any atom is 0.586 e. The van der Waals surface area contributed by atoms with Crippen molar-refractivity contribution in [3.05, 3.63) is 52.7 Å². The molecule has 2 aromatic carbocycles. The van der Waals surface area contributed by atoms with E-state index >= 15 is 0 Å². The number of alkyl halides is 2. The fraction of sp³-hybridized carbons (Fsp3) is 0.486. The van der Waals surface area contributed by atoms with Crippen LogP contribution in [-0.4, -0.2) is 53.4 Å². The summed E-state index contributed by atoms with van der Waals surface area (Å²) in [7, 11) is 1.80. The molecule has 4 aliphatic rings. The van der Waals surface area contributed by atoms with Crippen molar-refractivity contribution in [3.8, 4) is 22.6 Å². The third-order valence-electron chi connectivity index (χ3n) is 9.89. The normalized spacial score (nSPS) is 21.8. The zero-order valence-electron chi connectivity index (χ0n) is 27.4. The number of halogens is 2. The lowest BCUT2D eigenvalue weighted by Crippen LogP contribution is -2.43. The molecule has 2 atom stereocenters. The van der Waals surface area contributed by atoms with Crippen molar-refractivity contribution in [2.24, 2.45) is 28.3 Å². The first-order valence-corrected chi connectivity index (χ1v) is 16.7. The van der Waals surface area contributed by atoms with Gasteiger partial charge >= 0.3 is 6.29 Å². The largest absolute Gasteiger partial charge is 0.586 e. The van der Waals surface area contributed by atoms with Gasteiger partial charge < -0.3 is 31.2 Å². The predicted octanol–water partition coefficient (Wildman–Crippen LogP) is 5.07. The van der Waals surface area contributed by atoms with Crippen LogP contribution in [0, 0.1) is 18.8 Å². The summed E-state index contributed by atoms with van der Waals surface area (Å²) in [4.78, 5) is 31.9. The van der Waals surface area contributed by atoms with E-state index in [1.165, 1.54) is 24.5 Å². The number of anilines is 2.